The highest BCUT2D eigenvalue weighted by Crippen LogP contribution is 2.46. The zero-order valence-corrected chi connectivity index (χ0v) is 13.7. The maximum atomic E-state index is 12.5. The molecule has 4 heteroatoms. The van der Waals surface area contributed by atoms with Gasteiger partial charge in [0, 0.05) is 25.4 Å². The van der Waals surface area contributed by atoms with Crippen LogP contribution in [0.25, 0.3) is 0 Å². The lowest BCUT2D eigenvalue weighted by Crippen LogP contribution is -2.39. The number of hydrogen-bond acceptors (Lipinski definition) is 4. The van der Waals surface area contributed by atoms with E-state index in [4.69, 9.17) is 4.74 Å². The van der Waals surface area contributed by atoms with Crippen molar-refractivity contribution in [3.05, 3.63) is 47.5 Å². The minimum Gasteiger partial charge on any atom is -0.463 e. The summed E-state index contributed by atoms with van der Waals surface area (Å²) in [7, 11) is 2.10. The molecule has 4 nitrogen and oxygen atoms in total. The summed E-state index contributed by atoms with van der Waals surface area (Å²) < 4.78 is 5.45. The van der Waals surface area contributed by atoms with Gasteiger partial charge in [-0.05, 0) is 31.9 Å². The van der Waals surface area contributed by atoms with Crippen molar-refractivity contribution in [3.8, 4) is 0 Å². The van der Waals surface area contributed by atoms with E-state index >= 15 is 0 Å². The summed E-state index contributed by atoms with van der Waals surface area (Å²) in [5, 5.41) is 11.0. The molecular formula is C19H25NO3. The molecule has 0 radical (unpaired) electrons. The van der Waals surface area contributed by atoms with Crippen LogP contribution in [0.5, 0.6) is 0 Å². The summed E-state index contributed by atoms with van der Waals surface area (Å²) >= 11 is 0. The van der Waals surface area contributed by atoms with Gasteiger partial charge in [-0.25, -0.2) is 4.79 Å². The van der Waals surface area contributed by atoms with E-state index in [9.17, 15) is 9.90 Å². The van der Waals surface area contributed by atoms with E-state index in [1.165, 1.54) is 5.57 Å². The van der Waals surface area contributed by atoms with Gasteiger partial charge in [0.25, 0.3) is 0 Å². The van der Waals surface area contributed by atoms with Crippen LogP contribution in [0.4, 0.5) is 0 Å². The molecule has 1 aromatic carbocycles. The van der Waals surface area contributed by atoms with Crippen molar-refractivity contribution in [2.75, 3.05) is 26.7 Å². The zero-order chi connectivity index (χ0) is 16.3. The van der Waals surface area contributed by atoms with Crippen LogP contribution in [0.1, 0.15) is 31.2 Å². The molecule has 0 saturated heterocycles. The van der Waals surface area contributed by atoms with Gasteiger partial charge in [0.05, 0.1) is 6.61 Å². The highest BCUT2D eigenvalue weighted by atomic mass is 16.5. The third-order valence-corrected chi connectivity index (χ3v) is 4.86. The van der Waals surface area contributed by atoms with Crippen LogP contribution in [0.15, 0.2) is 42.0 Å². The Bertz CT molecular complexity index is 580. The molecule has 1 N–H and O–H groups in total. The summed E-state index contributed by atoms with van der Waals surface area (Å²) in [5.74, 6) is -0.514. The molecule has 3 rings (SSSR count). The second-order valence-corrected chi connectivity index (χ2v) is 6.67. The van der Waals surface area contributed by atoms with Crippen LogP contribution in [0.2, 0.25) is 0 Å². The van der Waals surface area contributed by atoms with Crippen molar-refractivity contribution >= 4 is 5.97 Å². The fourth-order valence-corrected chi connectivity index (χ4v) is 3.14. The number of aliphatic hydroxyl groups is 1. The Morgan fingerprint density at radius 3 is 2.70 bits per heavy atom. The van der Waals surface area contributed by atoms with Crippen molar-refractivity contribution in [1.82, 2.24) is 4.90 Å². The minimum absolute atomic E-state index is 0.0139. The number of benzene rings is 1. The Morgan fingerprint density at radius 1 is 1.35 bits per heavy atom. The lowest BCUT2D eigenvalue weighted by atomic mass is 9.89. The standard InChI is InChI=1S/C19H25NO3/c1-20-12-9-15(10-13-20)11-14-23-18(21)19(22,17-7-8-17)16-5-3-2-4-6-16/h2-6,9,17,22H,7-8,10-14H2,1H3. The van der Waals surface area contributed by atoms with Gasteiger partial charge in [0.2, 0.25) is 0 Å². The third-order valence-electron chi connectivity index (χ3n) is 4.86. The molecule has 1 fully saturated rings. The van der Waals surface area contributed by atoms with Gasteiger partial charge in [0.1, 0.15) is 0 Å². The molecule has 1 atom stereocenters. The van der Waals surface area contributed by atoms with E-state index in [0.717, 1.165) is 38.8 Å². The smallest absolute Gasteiger partial charge is 0.343 e. The Labute approximate surface area is 137 Å². The van der Waals surface area contributed by atoms with Crippen molar-refractivity contribution in [2.45, 2.75) is 31.3 Å². The Hall–Kier alpha value is -1.65. The van der Waals surface area contributed by atoms with Crippen molar-refractivity contribution in [1.29, 1.82) is 0 Å². The average molecular weight is 315 g/mol. The second kappa shape index (κ2) is 6.85. The monoisotopic (exact) mass is 315 g/mol. The first-order chi connectivity index (χ1) is 11.1. The highest BCUT2D eigenvalue weighted by molar-refractivity contribution is 5.82. The first-order valence-electron chi connectivity index (χ1n) is 8.42. The van der Waals surface area contributed by atoms with E-state index in [1.54, 1.807) is 12.1 Å². The molecule has 0 aromatic heterocycles. The predicted octanol–water partition coefficient (Wildman–Crippen LogP) is 2.48. The molecule has 1 aromatic rings. The third kappa shape index (κ3) is 3.65. The largest absolute Gasteiger partial charge is 0.463 e. The molecular weight excluding hydrogens is 290 g/mol. The number of nitrogens with zero attached hydrogens (tertiary/aromatic N) is 1. The molecule has 0 bridgehead atoms. The number of carbonyl (C=O) groups excluding carboxylic acids is 1. The summed E-state index contributed by atoms with van der Waals surface area (Å²) in [6, 6.07) is 9.19. The fraction of sp³-hybridized carbons (Fsp3) is 0.526. The number of carbonyl (C=O) groups is 1. The van der Waals surface area contributed by atoms with Gasteiger partial charge in [-0.1, -0.05) is 42.0 Å². The van der Waals surface area contributed by atoms with Crippen molar-refractivity contribution in [3.63, 3.8) is 0 Å². The van der Waals surface area contributed by atoms with Crippen LogP contribution in [-0.4, -0.2) is 42.7 Å². The molecule has 2 aliphatic rings. The molecule has 0 amide bonds. The van der Waals surface area contributed by atoms with Crippen LogP contribution >= 0.6 is 0 Å². The van der Waals surface area contributed by atoms with Crippen LogP contribution in [0.3, 0.4) is 0 Å². The van der Waals surface area contributed by atoms with Crippen LogP contribution in [0, 0.1) is 5.92 Å². The highest BCUT2D eigenvalue weighted by Gasteiger charge is 2.52. The predicted molar refractivity (Wildman–Crippen MR) is 88.8 cm³/mol. The first kappa shape index (κ1) is 16.2. The SMILES string of the molecule is CN1CC=C(CCOC(=O)C(O)(c2ccccc2)C2CC2)CC1. The van der Waals surface area contributed by atoms with Crippen LogP contribution in [-0.2, 0) is 15.1 Å². The first-order valence-corrected chi connectivity index (χ1v) is 8.42. The van der Waals surface area contributed by atoms with Gasteiger partial charge in [-0.15, -0.1) is 0 Å². The molecule has 124 valence electrons. The maximum absolute atomic E-state index is 12.5. The molecule has 1 saturated carbocycles. The van der Waals surface area contributed by atoms with E-state index in [2.05, 4.69) is 18.0 Å². The summed E-state index contributed by atoms with van der Waals surface area (Å²) in [4.78, 5) is 14.8. The molecule has 1 aliphatic heterocycles. The second-order valence-electron chi connectivity index (χ2n) is 6.67. The maximum Gasteiger partial charge on any atom is 0.343 e. The minimum atomic E-state index is -1.48. The van der Waals surface area contributed by atoms with Gasteiger partial charge >= 0.3 is 5.97 Å². The number of rotatable bonds is 6. The van der Waals surface area contributed by atoms with Gasteiger partial charge in [-0.2, -0.15) is 0 Å². The summed E-state index contributed by atoms with van der Waals surface area (Å²) in [6.45, 7) is 2.35. The van der Waals surface area contributed by atoms with E-state index < -0.39 is 11.6 Å². The fourth-order valence-electron chi connectivity index (χ4n) is 3.14. The average Bonchev–Trinajstić information content (AvgIpc) is 3.42. The zero-order valence-electron chi connectivity index (χ0n) is 13.7. The van der Waals surface area contributed by atoms with Gasteiger partial charge in [0.15, 0.2) is 5.60 Å². The van der Waals surface area contributed by atoms with Crippen LogP contribution < -0.4 is 0 Å². The van der Waals surface area contributed by atoms with Crippen molar-refractivity contribution < 1.29 is 14.6 Å². The van der Waals surface area contributed by atoms with Gasteiger partial charge in [-0.3, -0.25) is 0 Å². The molecule has 1 heterocycles. The van der Waals surface area contributed by atoms with E-state index in [1.807, 2.05) is 18.2 Å². The Morgan fingerprint density at radius 2 is 2.09 bits per heavy atom. The Balaban J connectivity index is 1.59. The lowest BCUT2D eigenvalue weighted by Gasteiger charge is -2.27. The normalized spacial score (nSPS) is 21.4. The molecule has 1 aliphatic carbocycles. The molecule has 23 heavy (non-hydrogen) atoms. The molecule has 0 spiro atoms. The summed E-state index contributed by atoms with van der Waals surface area (Å²) in [5.41, 5.74) is 0.499. The number of likely N-dealkylation sites (N-methyl/N-ethyl adjacent to an activating group) is 1. The number of esters is 1. The Kier molecular flexibility index (Phi) is 4.83. The topological polar surface area (TPSA) is 49.8 Å². The number of hydrogen-bond donors (Lipinski definition) is 1. The summed E-state index contributed by atoms with van der Waals surface area (Å²) in [6.07, 6.45) is 5.74. The molecule has 1 unspecified atom stereocenters. The number of ether oxygens (including phenoxy) is 1. The quantitative estimate of drug-likeness (QED) is 0.647. The van der Waals surface area contributed by atoms with Crippen molar-refractivity contribution in [2.24, 2.45) is 5.92 Å². The lowest BCUT2D eigenvalue weighted by molar-refractivity contribution is -0.169. The van der Waals surface area contributed by atoms with E-state index in [-0.39, 0.29) is 5.92 Å². The van der Waals surface area contributed by atoms with E-state index in [0.29, 0.717) is 12.2 Å². The van der Waals surface area contributed by atoms with Gasteiger partial charge < -0.3 is 14.7 Å².